The average Bonchev–Trinajstić information content (AvgIpc) is 2.01. The maximum absolute atomic E-state index is 10.5. The first-order valence-corrected chi connectivity index (χ1v) is 4.83. The number of carbonyl (C=O) groups is 1. The van der Waals surface area contributed by atoms with E-state index in [-0.39, 0.29) is 5.78 Å². The topological polar surface area (TPSA) is 41.1 Å². The highest BCUT2D eigenvalue weighted by Crippen LogP contribution is 1.80. The molecule has 0 amide bonds. The van der Waals surface area contributed by atoms with Crippen LogP contribution < -0.4 is 10.6 Å². The van der Waals surface area contributed by atoms with Crippen molar-refractivity contribution < 1.29 is 4.79 Å². The van der Waals surface area contributed by atoms with E-state index in [1.54, 1.807) is 0 Å². The van der Waals surface area contributed by atoms with Gasteiger partial charge in [0.2, 0.25) is 0 Å². The van der Waals surface area contributed by atoms with Gasteiger partial charge in [0.05, 0.1) is 6.54 Å². The second-order valence-electron chi connectivity index (χ2n) is 2.39. The molecule has 0 aromatic carbocycles. The van der Waals surface area contributed by atoms with Crippen LogP contribution in [0.1, 0.15) is 13.3 Å². The van der Waals surface area contributed by atoms with Crippen LogP contribution in [0.3, 0.4) is 0 Å². The van der Waals surface area contributed by atoms with Gasteiger partial charge < -0.3 is 10.6 Å². The van der Waals surface area contributed by atoms with Gasteiger partial charge in [0, 0.05) is 6.54 Å². The summed E-state index contributed by atoms with van der Waals surface area (Å²) in [5, 5.41) is 6.28. The molecule has 70 valence electrons. The second kappa shape index (κ2) is 7.36. The summed E-state index contributed by atoms with van der Waals surface area (Å²) < 4.78 is 0. The van der Waals surface area contributed by atoms with Gasteiger partial charge in [-0.2, -0.15) is 12.6 Å². The molecule has 2 N–H and O–H groups in total. The number of ketones is 1. The van der Waals surface area contributed by atoms with Crippen molar-refractivity contribution in [2.45, 2.75) is 13.3 Å². The van der Waals surface area contributed by atoms with Crippen LogP contribution in [-0.2, 0) is 4.79 Å². The van der Waals surface area contributed by atoms with Crippen molar-refractivity contribution in [2.24, 2.45) is 0 Å². The van der Waals surface area contributed by atoms with E-state index in [1.165, 1.54) is 6.92 Å². The van der Waals surface area contributed by atoms with E-state index < -0.39 is 0 Å². The van der Waals surface area contributed by atoms with Gasteiger partial charge in [-0.25, -0.2) is 0 Å². The van der Waals surface area contributed by atoms with Crippen LogP contribution in [0.15, 0.2) is 0 Å². The fourth-order valence-electron chi connectivity index (χ4n) is 0.548. The van der Waals surface area contributed by atoms with Gasteiger partial charge in [-0.3, -0.25) is 4.79 Å². The number of thiocarbonyl (C=S) groups is 1. The Morgan fingerprint density at radius 2 is 2.17 bits per heavy atom. The van der Waals surface area contributed by atoms with Crippen molar-refractivity contribution in [1.29, 1.82) is 0 Å². The summed E-state index contributed by atoms with van der Waals surface area (Å²) >= 11 is 8.94. The van der Waals surface area contributed by atoms with Gasteiger partial charge in [0.25, 0.3) is 0 Å². The second-order valence-corrected chi connectivity index (χ2v) is 3.24. The molecule has 0 aromatic heterocycles. The molecule has 0 spiro atoms. The summed E-state index contributed by atoms with van der Waals surface area (Å²) in [6.07, 6.45) is 0.963. The first kappa shape index (κ1) is 11.7. The first-order chi connectivity index (χ1) is 5.66. The maximum atomic E-state index is 10.5. The van der Waals surface area contributed by atoms with Gasteiger partial charge in [0.15, 0.2) is 5.11 Å². The molecular weight excluding hydrogens is 192 g/mol. The highest BCUT2D eigenvalue weighted by molar-refractivity contribution is 7.80. The Bertz CT molecular complexity index is 161. The molecule has 0 radical (unpaired) electrons. The smallest absolute Gasteiger partial charge is 0.166 e. The van der Waals surface area contributed by atoms with Crippen LogP contribution in [-0.4, -0.2) is 29.7 Å². The van der Waals surface area contributed by atoms with E-state index in [2.05, 4.69) is 23.3 Å². The standard InChI is InChI=1S/C7H14N2OS2/c1-6(10)5-9-7(12)8-3-2-4-11/h11H,2-5H2,1H3,(H2,8,9,12). The van der Waals surface area contributed by atoms with Crippen molar-refractivity contribution in [3.05, 3.63) is 0 Å². The molecule has 0 fully saturated rings. The van der Waals surface area contributed by atoms with E-state index in [1.807, 2.05) is 0 Å². The molecule has 0 atom stereocenters. The van der Waals surface area contributed by atoms with E-state index >= 15 is 0 Å². The molecule has 0 aliphatic heterocycles. The zero-order chi connectivity index (χ0) is 9.40. The Kier molecular flexibility index (Phi) is 7.19. The van der Waals surface area contributed by atoms with E-state index in [4.69, 9.17) is 12.2 Å². The maximum Gasteiger partial charge on any atom is 0.166 e. The minimum atomic E-state index is 0.0772. The van der Waals surface area contributed by atoms with Gasteiger partial charge in [-0.1, -0.05) is 0 Å². The van der Waals surface area contributed by atoms with Crippen LogP contribution in [0, 0.1) is 0 Å². The van der Waals surface area contributed by atoms with Crippen molar-refractivity contribution in [3.8, 4) is 0 Å². The number of carbonyl (C=O) groups excluding carboxylic acids is 1. The van der Waals surface area contributed by atoms with Crippen LogP contribution in [0.4, 0.5) is 0 Å². The molecule has 5 heteroatoms. The van der Waals surface area contributed by atoms with Crippen molar-refractivity contribution in [1.82, 2.24) is 10.6 Å². The minimum absolute atomic E-state index is 0.0772. The molecule has 0 rings (SSSR count). The SMILES string of the molecule is CC(=O)CNC(=S)NCCCS. The Hall–Kier alpha value is -0.290. The Morgan fingerprint density at radius 3 is 2.67 bits per heavy atom. The van der Waals surface area contributed by atoms with Crippen molar-refractivity contribution in [2.75, 3.05) is 18.8 Å². The lowest BCUT2D eigenvalue weighted by atomic mass is 10.4. The van der Waals surface area contributed by atoms with Crippen LogP contribution in [0.25, 0.3) is 0 Å². The molecule has 0 saturated carbocycles. The zero-order valence-electron chi connectivity index (χ0n) is 7.09. The fraction of sp³-hybridized carbons (Fsp3) is 0.714. The summed E-state index contributed by atoms with van der Waals surface area (Å²) in [7, 11) is 0. The molecule has 0 bridgehead atoms. The first-order valence-electron chi connectivity index (χ1n) is 3.79. The summed E-state index contributed by atoms with van der Waals surface area (Å²) in [4.78, 5) is 10.5. The third-order valence-electron chi connectivity index (χ3n) is 1.12. The van der Waals surface area contributed by atoms with E-state index in [9.17, 15) is 4.79 Å². The predicted octanol–water partition coefficient (Wildman–Crippen LogP) is 0.359. The number of hydrogen-bond donors (Lipinski definition) is 3. The Balaban J connectivity index is 3.28. The number of nitrogens with one attached hydrogen (secondary N) is 2. The van der Waals surface area contributed by atoms with Gasteiger partial charge in [0.1, 0.15) is 5.78 Å². The molecule has 0 aliphatic carbocycles. The van der Waals surface area contributed by atoms with Gasteiger partial charge >= 0.3 is 0 Å². The summed E-state index contributed by atoms with van der Waals surface area (Å²) in [5.74, 6) is 0.913. The highest BCUT2D eigenvalue weighted by Gasteiger charge is 1.95. The van der Waals surface area contributed by atoms with Crippen LogP contribution >= 0.6 is 24.8 Å². The molecule has 0 aromatic rings. The normalized spacial score (nSPS) is 9.17. The van der Waals surface area contributed by atoms with E-state index in [0.29, 0.717) is 11.7 Å². The average molecular weight is 206 g/mol. The molecule has 3 nitrogen and oxygen atoms in total. The molecule has 0 heterocycles. The molecule has 0 unspecified atom stereocenters. The molecule has 12 heavy (non-hydrogen) atoms. The Labute approximate surface area is 83.7 Å². The quantitative estimate of drug-likeness (QED) is 0.345. The van der Waals surface area contributed by atoms with Crippen LogP contribution in [0.2, 0.25) is 0 Å². The Morgan fingerprint density at radius 1 is 1.50 bits per heavy atom. The van der Waals surface area contributed by atoms with Crippen LogP contribution in [0.5, 0.6) is 0 Å². The van der Waals surface area contributed by atoms with E-state index in [0.717, 1.165) is 18.7 Å². The van der Waals surface area contributed by atoms with Crippen molar-refractivity contribution in [3.63, 3.8) is 0 Å². The minimum Gasteiger partial charge on any atom is -0.363 e. The number of thiol groups is 1. The summed E-state index contributed by atoms with van der Waals surface area (Å²) in [6.45, 7) is 2.61. The lowest BCUT2D eigenvalue weighted by Gasteiger charge is -2.07. The third-order valence-corrected chi connectivity index (χ3v) is 1.72. The highest BCUT2D eigenvalue weighted by atomic mass is 32.1. The number of Topliss-reactive ketones (excluding diaryl/α,β-unsaturated/α-hetero) is 1. The number of hydrogen-bond acceptors (Lipinski definition) is 3. The fourth-order valence-corrected chi connectivity index (χ4v) is 0.881. The van der Waals surface area contributed by atoms with Gasteiger partial charge in [-0.15, -0.1) is 0 Å². The number of rotatable bonds is 5. The lowest BCUT2D eigenvalue weighted by molar-refractivity contribution is -0.115. The monoisotopic (exact) mass is 206 g/mol. The molecule has 0 saturated heterocycles. The largest absolute Gasteiger partial charge is 0.363 e. The van der Waals surface area contributed by atoms with Crippen molar-refractivity contribution >= 4 is 35.7 Å². The summed E-state index contributed by atoms with van der Waals surface area (Å²) in [5.41, 5.74) is 0. The lowest BCUT2D eigenvalue weighted by Crippen LogP contribution is -2.38. The zero-order valence-corrected chi connectivity index (χ0v) is 8.80. The van der Waals surface area contributed by atoms with Gasteiger partial charge in [-0.05, 0) is 31.3 Å². The predicted molar refractivity (Wildman–Crippen MR) is 57.8 cm³/mol. The summed E-state index contributed by atoms with van der Waals surface area (Å²) in [6, 6.07) is 0. The third kappa shape index (κ3) is 7.81. The molecular formula is C7H14N2OS2. The molecule has 0 aliphatic rings.